The predicted octanol–water partition coefficient (Wildman–Crippen LogP) is 3.67. The van der Waals surface area contributed by atoms with Gasteiger partial charge in [-0.15, -0.1) is 0 Å². The molecule has 2 aromatic rings. The lowest BCUT2D eigenvalue weighted by molar-refractivity contribution is 0.117. The van der Waals surface area contributed by atoms with Crippen LogP contribution < -0.4 is 0 Å². The van der Waals surface area contributed by atoms with Crippen molar-refractivity contribution in [2.45, 2.75) is 17.9 Å². The van der Waals surface area contributed by atoms with Crippen LogP contribution in [0.4, 0.5) is 0 Å². The van der Waals surface area contributed by atoms with Gasteiger partial charge in [0.15, 0.2) is 0 Å². The standard InChI is InChI=1S/C19H20BrNO3S/c1-14-4-10-18(11-5-14)25(23,24)21-12-2-3-16(13-21)19(22)15-6-8-17(20)9-7-15/h2-11,16,19,22H,12-13H2,1H3/t16-,19-/m0/s1. The highest BCUT2D eigenvalue weighted by molar-refractivity contribution is 9.10. The Morgan fingerprint density at radius 3 is 2.40 bits per heavy atom. The molecule has 3 rings (SSSR count). The Morgan fingerprint density at radius 2 is 1.76 bits per heavy atom. The van der Waals surface area contributed by atoms with Crippen LogP contribution in [0.25, 0.3) is 0 Å². The number of aryl methyl sites for hydroxylation is 1. The SMILES string of the molecule is Cc1ccc(S(=O)(=O)N2CC=C[C@H]([C@@H](O)c3ccc(Br)cc3)C2)cc1. The van der Waals surface area contributed by atoms with E-state index < -0.39 is 16.1 Å². The van der Waals surface area contributed by atoms with Crippen LogP contribution in [0.1, 0.15) is 17.2 Å². The first-order valence-corrected chi connectivity index (χ1v) is 10.3. The maximum atomic E-state index is 12.9. The minimum Gasteiger partial charge on any atom is -0.388 e. The summed E-state index contributed by atoms with van der Waals surface area (Å²) in [7, 11) is -3.57. The second kappa shape index (κ2) is 7.41. The molecule has 2 aromatic carbocycles. The van der Waals surface area contributed by atoms with Crippen molar-refractivity contribution < 1.29 is 13.5 Å². The predicted molar refractivity (Wildman–Crippen MR) is 102 cm³/mol. The van der Waals surface area contributed by atoms with Gasteiger partial charge in [-0.1, -0.05) is 57.9 Å². The van der Waals surface area contributed by atoms with Crippen molar-refractivity contribution in [1.29, 1.82) is 0 Å². The molecule has 0 saturated carbocycles. The Kier molecular flexibility index (Phi) is 5.43. The average Bonchev–Trinajstić information content (AvgIpc) is 2.62. The van der Waals surface area contributed by atoms with E-state index in [-0.39, 0.29) is 17.4 Å². The fourth-order valence-corrected chi connectivity index (χ4v) is 4.58. The van der Waals surface area contributed by atoms with Gasteiger partial charge in [-0.05, 0) is 36.8 Å². The Bertz CT molecular complexity index is 861. The maximum absolute atomic E-state index is 12.9. The first-order chi connectivity index (χ1) is 11.9. The molecule has 6 heteroatoms. The summed E-state index contributed by atoms with van der Waals surface area (Å²) in [5.41, 5.74) is 1.79. The molecule has 0 fully saturated rings. The van der Waals surface area contributed by atoms with E-state index in [1.165, 1.54) is 4.31 Å². The van der Waals surface area contributed by atoms with Crippen molar-refractivity contribution in [3.63, 3.8) is 0 Å². The smallest absolute Gasteiger partial charge is 0.243 e. The first-order valence-electron chi connectivity index (χ1n) is 8.05. The van der Waals surface area contributed by atoms with E-state index >= 15 is 0 Å². The van der Waals surface area contributed by atoms with Crippen molar-refractivity contribution in [2.75, 3.05) is 13.1 Å². The number of hydrogen-bond donors (Lipinski definition) is 1. The summed E-state index contributed by atoms with van der Waals surface area (Å²) in [5, 5.41) is 10.6. The lowest BCUT2D eigenvalue weighted by Gasteiger charge is -2.31. The zero-order valence-electron chi connectivity index (χ0n) is 13.8. The molecule has 0 aliphatic carbocycles. The lowest BCUT2D eigenvalue weighted by atomic mass is 9.94. The molecule has 4 nitrogen and oxygen atoms in total. The van der Waals surface area contributed by atoms with Gasteiger partial charge < -0.3 is 5.11 Å². The van der Waals surface area contributed by atoms with E-state index in [4.69, 9.17) is 0 Å². The Morgan fingerprint density at radius 1 is 1.12 bits per heavy atom. The number of halogens is 1. The molecule has 0 saturated heterocycles. The number of aliphatic hydroxyl groups excluding tert-OH is 1. The van der Waals surface area contributed by atoms with E-state index in [1.807, 2.05) is 43.3 Å². The quantitative estimate of drug-likeness (QED) is 0.766. The average molecular weight is 422 g/mol. The largest absolute Gasteiger partial charge is 0.388 e. The maximum Gasteiger partial charge on any atom is 0.243 e. The highest BCUT2D eigenvalue weighted by Crippen LogP contribution is 2.29. The van der Waals surface area contributed by atoms with Gasteiger partial charge in [0.1, 0.15) is 0 Å². The van der Waals surface area contributed by atoms with Crippen molar-refractivity contribution in [3.05, 3.63) is 76.3 Å². The first kappa shape index (κ1) is 18.3. The molecule has 2 atom stereocenters. The summed E-state index contributed by atoms with van der Waals surface area (Å²) in [6.07, 6.45) is 2.95. The zero-order valence-corrected chi connectivity index (χ0v) is 16.2. The summed E-state index contributed by atoms with van der Waals surface area (Å²) in [5.74, 6) is -0.282. The van der Waals surface area contributed by atoms with Crippen LogP contribution in [0.15, 0.2) is 70.1 Å². The third-order valence-corrected chi connectivity index (χ3v) is 6.76. The van der Waals surface area contributed by atoms with E-state index in [0.29, 0.717) is 6.54 Å². The van der Waals surface area contributed by atoms with E-state index in [0.717, 1.165) is 15.6 Å². The van der Waals surface area contributed by atoms with Gasteiger partial charge in [0.05, 0.1) is 11.0 Å². The molecule has 0 bridgehead atoms. The van der Waals surface area contributed by atoms with Crippen molar-refractivity contribution in [1.82, 2.24) is 4.31 Å². The Labute approximate surface area is 157 Å². The lowest BCUT2D eigenvalue weighted by Crippen LogP contribution is -2.39. The van der Waals surface area contributed by atoms with Crippen LogP contribution >= 0.6 is 15.9 Å². The van der Waals surface area contributed by atoms with Gasteiger partial charge in [0, 0.05) is 23.5 Å². The zero-order chi connectivity index (χ0) is 18.0. The molecule has 1 aliphatic rings. The Hall–Kier alpha value is -1.47. The molecule has 1 N–H and O–H groups in total. The normalized spacial score (nSPS) is 19.7. The molecule has 132 valence electrons. The molecular formula is C19H20BrNO3S. The number of aliphatic hydroxyl groups is 1. The number of benzene rings is 2. The molecule has 0 amide bonds. The van der Waals surface area contributed by atoms with Crippen LogP contribution in [0, 0.1) is 12.8 Å². The summed E-state index contributed by atoms with van der Waals surface area (Å²) >= 11 is 3.37. The van der Waals surface area contributed by atoms with Crippen molar-refractivity contribution in [2.24, 2.45) is 5.92 Å². The van der Waals surface area contributed by atoms with E-state index in [1.54, 1.807) is 24.3 Å². The molecule has 25 heavy (non-hydrogen) atoms. The third kappa shape index (κ3) is 4.03. The van der Waals surface area contributed by atoms with Crippen LogP contribution in [0.5, 0.6) is 0 Å². The van der Waals surface area contributed by atoms with Crippen LogP contribution in [-0.2, 0) is 10.0 Å². The van der Waals surface area contributed by atoms with Gasteiger partial charge >= 0.3 is 0 Å². The highest BCUT2D eigenvalue weighted by atomic mass is 79.9. The Balaban J connectivity index is 1.80. The van der Waals surface area contributed by atoms with Crippen molar-refractivity contribution >= 4 is 26.0 Å². The summed E-state index contributed by atoms with van der Waals surface area (Å²) < 4.78 is 28.1. The van der Waals surface area contributed by atoms with Crippen LogP contribution in [-0.4, -0.2) is 30.9 Å². The molecule has 0 spiro atoms. The minimum atomic E-state index is -3.57. The van der Waals surface area contributed by atoms with Crippen LogP contribution in [0.2, 0.25) is 0 Å². The topological polar surface area (TPSA) is 57.6 Å². The van der Waals surface area contributed by atoms with Gasteiger partial charge in [0.2, 0.25) is 10.0 Å². The molecular weight excluding hydrogens is 402 g/mol. The minimum absolute atomic E-state index is 0.254. The van der Waals surface area contributed by atoms with Gasteiger partial charge in [-0.2, -0.15) is 4.31 Å². The third-order valence-electron chi connectivity index (χ3n) is 4.38. The highest BCUT2D eigenvalue weighted by Gasteiger charge is 2.31. The number of nitrogens with zero attached hydrogens (tertiary/aromatic N) is 1. The molecule has 0 unspecified atom stereocenters. The monoisotopic (exact) mass is 421 g/mol. The summed E-state index contributed by atoms with van der Waals surface area (Å²) in [6, 6.07) is 14.3. The summed E-state index contributed by atoms with van der Waals surface area (Å²) in [6.45, 7) is 2.49. The molecule has 0 radical (unpaired) electrons. The number of hydrogen-bond acceptors (Lipinski definition) is 3. The van der Waals surface area contributed by atoms with E-state index in [2.05, 4.69) is 15.9 Å². The fourth-order valence-electron chi connectivity index (χ4n) is 2.89. The molecule has 1 aliphatic heterocycles. The second-order valence-electron chi connectivity index (χ2n) is 6.22. The second-order valence-corrected chi connectivity index (χ2v) is 9.08. The summed E-state index contributed by atoms with van der Waals surface area (Å²) in [4.78, 5) is 0.283. The number of sulfonamides is 1. The van der Waals surface area contributed by atoms with Gasteiger partial charge in [-0.3, -0.25) is 0 Å². The van der Waals surface area contributed by atoms with Crippen molar-refractivity contribution in [3.8, 4) is 0 Å². The number of rotatable bonds is 4. The molecule has 0 aromatic heterocycles. The van der Waals surface area contributed by atoms with Crippen LogP contribution in [0.3, 0.4) is 0 Å². The van der Waals surface area contributed by atoms with Gasteiger partial charge in [0.25, 0.3) is 0 Å². The van der Waals surface area contributed by atoms with E-state index in [9.17, 15) is 13.5 Å². The fraction of sp³-hybridized carbons (Fsp3) is 0.263. The van der Waals surface area contributed by atoms with Gasteiger partial charge in [-0.25, -0.2) is 8.42 Å². The molecule has 1 heterocycles.